The van der Waals surface area contributed by atoms with Crippen LogP contribution in [-0.4, -0.2) is 10.2 Å². The van der Waals surface area contributed by atoms with Gasteiger partial charge in [-0.05, 0) is 40.3 Å². The van der Waals surface area contributed by atoms with Crippen molar-refractivity contribution in [1.29, 1.82) is 0 Å². The number of aromatic hydroxyl groups is 2. The molecular formula is C8H7IO2. The zero-order valence-corrected chi connectivity index (χ0v) is 7.87. The molecule has 0 spiro atoms. The van der Waals surface area contributed by atoms with Crippen molar-refractivity contribution in [3.8, 4) is 11.5 Å². The van der Waals surface area contributed by atoms with Gasteiger partial charge in [0, 0.05) is 0 Å². The number of rotatable bonds is 1. The minimum absolute atomic E-state index is 0.0806. The van der Waals surface area contributed by atoms with Gasteiger partial charge in [0.2, 0.25) is 0 Å². The Morgan fingerprint density at radius 2 is 2.00 bits per heavy atom. The normalized spacial score (nSPS) is 9.55. The molecule has 1 rings (SSSR count). The fourth-order valence-electron chi connectivity index (χ4n) is 0.728. The lowest BCUT2D eigenvalue weighted by atomic mass is 10.2. The van der Waals surface area contributed by atoms with E-state index < -0.39 is 0 Å². The van der Waals surface area contributed by atoms with Gasteiger partial charge in [-0.3, -0.25) is 0 Å². The molecule has 1 aromatic carbocycles. The van der Waals surface area contributed by atoms with Gasteiger partial charge < -0.3 is 10.2 Å². The summed E-state index contributed by atoms with van der Waals surface area (Å²) in [7, 11) is 0. The zero-order valence-electron chi connectivity index (χ0n) is 5.71. The number of benzene rings is 1. The fourth-order valence-corrected chi connectivity index (χ4v) is 1.40. The average molecular weight is 262 g/mol. The second kappa shape index (κ2) is 3.13. The van der Waals surface area contributed by atoms with Gasteiger partial charge in [0.15, 0.2) is 11.5 Å². The molecule has 0 radical (unpaired) electrons. The number of phenols is 2. The van der Waals surface area contributed by atoms with Gasteiger partial charge in [-0.1, -0.05) is 12.7 Å². The maximum Gasteiger partial charge on any atom is 0.171 e. The van der Waals surface area contributed by atoms with Gasteiger partial charge in [-0.2, -0.15) is 0 Å². The van der Waals surface area contributed by atoms with Crippen molar-refractivity contribution in [3.63, 3.8) is 0 Å². The second-order valence-corrected chi connectivity index (χ2v) is 3.12. The van der Waals surface area contributed by atoms with Gasteiger partial charge in [0.25, 0.3) is 0 Å². The van der Waals surface area contributed by atoms with Crippen molar-refractivity contribution < 1.29 is 10.2 Å². The van der Waals surface area contributed by atoms with Gasteiger partial charge >= 0.3 is 0 Å². The van der Waals surface area contributed by atoms with Crippen LogP contribution in [0.15, 0.2) is 18.7 Å². The average Bonchev–Trinajstić information content (AvgIpc) is 2.01. The van der Waals surface area contributed by atoms with Crippen LogP contribution in [0.4, 0.5) is 0 Å². The summed E-state index contributed by atoms with van der Waals surface area (Å²) >= 11 is 1.95. The van der Waals surface area contributed by atoms with Crippen LogP contribution in [0, 0.1) is 3.57 Å². The Hall–Kier alpha value is -0.710. The van der Waals surface area contributed by atoms with E-state index in [9.17, 15) is 5.11 Å². The Morgan fingerprint density at radius 3 is 2.55 bits per heavy atom. The molecule has 0 aromatic heterocycles. The minimum Gasteiger partial charge on any atom is -0.504 e. The fraction of sp³-hybridized carbons (Fsp3) is 0. The second-order valence-electron chi connectivity index (χ2n) is 2.04. The van der Waals surface area contributed by atoms with Gasteiger partial charge in [-0.25, -0.2) is 0 Å². The highest BCUT2D eigenvalue weighted by Gasteiger charge is 2.05. The van der Waals surface area contributed by atoms with E-state index in [1.165, 1.54) is 6.07 Å². The molecule has 0 saturated heterocycles. The van der Waals surface area contributed by atoms with E-state index in [1.807, 2.05) is 22.6 Å². The summed E-state index contributed by atoms with van der Waals surface area (Å²) < 4.78 is 0.623. The maximum atomic E-state index is 9.21. The molecule has 11 heavy (non-hydrogen) atoms. The molecule has 2 N–H and O–H groups in total. The largest absolute Gasteiger partial charge is 0.504 e. The van der Waals surface area contributed by atoms with E-state index in [4.69, 9.17) is 5.11 Å². The Balaban J connectivity index is 3.36. The van der Waals surface area contributed by atoms with Gasteiger partial charge in [0.1, 0.15) is 0 Å². The van der Waals surface area contributed by atoms with Crippen molar-refractivity contribution in [3.05, 3.63) is 27.8 Å². The van der Waals surface area contributed by atoms with Crippen LogP contribution in [-0.2, 0) is 0 Å². The minimum atomic E-state index is -0.0972. The molecule has 3 heteroatoms. The summed E-state index contributed by atoms with van der Waals surface area (Å²) in [6, 6.07) is 3.14. The third kappa shape index (κ3) is 1.48. The van der Waals surface area contributed by atoms with Crippen molar-refractivity contribution in [2.24, 2.45) is 0 Å². The Bertz CT molecular complexity index is 294. The summed E-state index contributed by atoms with van der Waals surface area (Å²) in [4.78, 5) is 0. The van der Waals surface area contributed by atoms with Crippen LogP contribution < -0.4 is 0 Å². The molecule has 0 amide bonds. The van der Waals surface area contributed by atoms with Crippen molar-refractivity contribution >= 4 is 28.7 Å². The molecule has 0 aliphatic rings. The maximum absolute atomic E-state index is 9.21. The number of hydrogen-bond donors (Lipinski definition) is 2. The van der Waals surface area contributed by atoms with Crippen LogP contribution in [0.3, 0.4) is 0 Å². The molecule has 0 aliphatic heterocycles. The molecule has 1 aromatic rings. The zero-order chi connectivity index (χ0) is 8.43. The van der Waals surface area contributed by atoms with Crippen LogP contribution >= 0.6 is 22.6 Å². The Morgan fingerprint density at radius 1 is 1.36 bits per heavy atom. The SMILES string of the molecule is C=Cc1ccc(O)c(O)c1I. The highest BCUT2D eigenvalue weighted by Crippen LogP contribution is 2.32. The molecule has 0 heterocycles. The van der Waals surface area contributed by atoms with Crippen molar-refractivity contribution in [2.75, 3.05) is 0 Å². The lowest BCUT2D eigenvalue weighted by molar-refractivity contribution is 0.401. The summed E-state index contributed by atoms with van der Waals surface area (Å²) in [6.45, 7) is 3.56. The van der Waals surface area contributed by atoms with Crippen LogP contribution in [0.1, 0.15) is 5.56 Å². The van der Waals surface area contributed by atoms with E-state index in [0.717, 1.165) is 5.56 Å². The molecule has 58 valence electrons. The number of phenolic OH excluding ortho intramolecular Hbond substituents is 2. The summed E-state index contributed by atoms with van der Waals surface area (Å²) in [5.74, 6) is -0.178. The van der Waals surface area contributed by atoms with E-state index >= 15 is 0 Å². The van der Waals surface area contributed by atoms with Crippen LogP contribution in [0.5, 0.6) is 11.5 Å². The standard InChI is InChI=1S/C8H7IO2/c1-2-5-3-4-6(10)8(11)7(5)9/h2-4,10-11H,1H2. The molecule has 0 unspecified atom stereocenters. The molecule has 0 fully saturated rings. The lowest BCUT2D eigenvalue weighted by Gasteiger charge is -2.02. The van der Waals surface area contributed by atoms with Crippen LogP contribution in [0.2, 0.25) is 0 Å². The van der Waals surface area contributed by atoms with Gasteiger partial charge in [-0.15, -0.1) is 0 Å². The quantitative estimate of drug-likeness (QED) is 0.602. The molecule has 2 nitrogen and oxygen atoms in total. The van der Waals surface area contributed by atoms with E-state index in [0.29, 0.717) is 3.57 Å². The lowest BCUT2D eigenvalue weighted by Crippen LogP contribution is -1.80. The number of halogens is 1. The highest BCUT2D eigenvalue weighted by atomic mass is 127. The Labute approximate surface area is 78.3 Å². The first-order chi connectivity index (χ1) is 5.16. The van der Waals surface area contributed by atoms with Crippen LogP contribution in [0.25, 0.3) is 6.08 Å². The summed E-state index contributed by atoms with van der Waals surface area (Å²) in [5.41, 5.74) is 0.820. The molecule has 0 atom stereocenters. The van der Waals surface area contributed by atoms with Crippen molar-refractivity contribution in [2.45, 2.75) is 0 Å². The van der Waals surface area contributed by atoms with E-state index in [1.54, 1.807) is 12.1 Å². The topological polar surface area (TPSA) is 40.5 Å². The molecule has 0 saturated carbocycles. The molecule has 0 aliphatic carbocycles. The predicted octanol–water partition coefficient (Wildman–Crippen LogP) is 2.35. The predicted molar refractivity (Wildman–Crippen MR) is 52.6 cm³/mol. The summed E-state index contributed by atoms with van der Waals surface area (Å²) in [5, 5.41) is 18.2. The third-order valence-corrected chi connectivity index (χ3v) is 2.48. The third-order valence-electron chi connectivity index (χ3n) is 1.34. The van der Waals surface area contributed by atoms with E-state index in [-0.39, 0.29) is 11.5 Å². The monoisotopic (exact) mass is 262 g/mol. The summed E-state index contributed by atoms with van der Waals surface area (Å²) in [6.07, 6.45) is 1.63. The first-order valence-electron chi connectivity index (χ1n) is 2.99. The molecule has 0 bridgehead atoms. The van der Waals surface area contributed by atoms with Gasteiger partial charge in [0.05, 0.1) is 3.57 Å². The number of hydrogen-bond acceptors (Lipinski definition) is 2. The van der Waals surface area contributed by atoms with Crippen molar-refractivity contribution in [1.82, 2.24) is 0 Å². The highest BCUT2D eigenvalue weighted by molar-refractivity contribution is 14.1. The Kier molecular flexibility index (Phi) is 2.38. The molecular weight excluding hydrogens is 255 g/mol. The first kappa shape index (κ1) is 8.39. The smallest absolute Gasteiger partial charge is 0.171 e. The first-order valence-corrected chi connectivity index (χ1v) is 4.07. The van der Waals surface area contributed by atoms with E-state index in [2.05, 4.69) is 6.58 Å².